The van der Waals surface area contributed by atoms with Gasteiger partial charge in [-0.15, -0.1) is 12.4 Å². The number of halogens is 1. The molecule has 1 atom stereocenters. The summed E-state index contributed by atoms with van der Waals surface area (Å²) in [5, 5.41) is 13.1. The molecule has 1 saturated heterocycles. The normalized spacial score (nSPS) is 19.1. The number of phenols is 1. The van der Waals surface area contributed by atoms with Crippen molar-refractivity contribution in [1.82, 2.24) is 10.2 Å². The van der Waals surface area contributed by atoms with Crippen LogP contribution in [0, 0.1) is 0 Å². The van der Waals surface area contributed by atoms with Gasteiger partial charge in [-0.3, -0.25) is 4.79 Å². The van der Waals surface area contributed by atoms with Crippen LogP contribution in [0.3, 0.4) is 0 Å². The number of likely N-dealkylation sites (tertiary alicyclic amines) is 1. The lowest BCUT2D eigenvalue weighted by Crippen LogP contribution is -2.41. The number of rotatable bonds is 6. The number of carbonyl (C=O) groups excluding carboxylic acids is 1. The summed E-state index contributed by atoms with van der Waals surface area (Å²) in [7, 11) is 0. The summed E-state index contributed by atoms with van der Waals surface area (Å²) >= 11 is 0. The van der Waals surface area contributed by atoms with E-state index in [0.717, 1.165) is 43.6 Å². The quantitative estimate of drug-likeness (QED) is 0.793. The molecule has 2 aromatic rings. The van der Waals surface area contributed by atoms with E-state index in [-0.39, 0.29) is 30.1 Å². The molecule has 2 fully saturated rings. The molecule has 4 nitrogen and oxygen atoms in total. The lowest BCUT2D eigenvalue weighted by molar-refractivity contribution is -0.124. The van der Waals surface area contributed by atoms with Gasteiger partial charge in [0, 0.05) is 6.54 Å². The number of carbonyl (C=O) groups is 1. The van der Waals surface area contributed by atoms with E-state index in [2.05, 4.69) is 22.3 Å². The van der Waals surface area contributed by atoms with Crippen molar-refractivity contribution in [3.8, 4) is 5.75 Å². The maximum Gasteiger partial charge on any atom is 0.231 e. The molecule has 1 unspecified atom stereocenters. The molecule has 1 heterocycles. The number of phenolic OH excluding ortho intramolecular Hbond substituents is 1. The van der Waals surface area contributed by atoms with Crippen LogP contribution in [0.4, 0.5) is 0 Å². The molecule has 1 aliphatic carbocycles. The SMILES string of the molecule is Cl.O=C(NC(CN1CCCC1)c1ccccc1)C1(c2cccc(O)c2)CC1. The Morgan fingerprint density at radius 1 is 1.07 bits per heavy atom. The highest BCUT2D eigenvalue weighted by Crippen LogP contribution is 2.49. The highest BCUT2D eigenvalue weighted by molar-refractivity contribution is 5.91. The molecular formula is C22H27ClN2O2. The number of nitrogens with zero attached hydrogens (tertiary/aromatic N) is 1. The number of amides is 1. The van der Waals surface area contributed by atoms with Crippen LogP contribution in [0.25, 0.3) is 0 Å². The van der Waals surface area contributed by atoms with Gasteiger partial charge in [0.05, 0.1) is 11.5 Å². The summed E-state index contributed by atoms with van der Waals surface area (Å²) in [4.78, 5) is 15.6. The van der Waals surface area contributed by atoms with Crippen molar-refractivity contribution in [2.75, 3.05) is 19.6 Å². The molecule has 0 spiro atoms. The van der Waals surface area contributed by atoms with Crippen LogP contribution >= 0.6 is 12.4 Å². The van der Waals surface area contributed by atoms with E-state index < -0.39 is 5.41 Å². The molecule has 2 aromatic carbocycles. The number of nitrogens with one attached hydrogen (secondary N) is 1. The van der Waals surface area contributed by atoms with Crippen molar-refractivity contribution in [1.29, 1.82) is 0 Å². The molecule has 0 bridgehead atoms. The largest absolute Gasteiger partial charge is 0.508 e. The third-order valence-corrected chi connectivity index (χ3v) is 5.73. The van der Waals surface area contributed by atoms with E-state index in [9.17, 15) is 9.90 Å². The fourth-order valence-electron chi connectivity index (χ4n) is 4.01. The van der Waals surface area contributed by atoms with Crippen molar-refractivity contribution in [3.05, 3.63) is 65.7 Å². The van der Waals surface area contributed by atoms with Gasteiger partial charge in [-0.05, 0) is 62.0 Å². The number of aromatic hydroxyl groups is 1. The van der Waals surface area contributed by atoms with E-state index in [1.807, 2.05) is 30.3 Å². The van der Waals surface area contributed by atoms with Gasteiger partial charge in [-0.1, -0.05) is 42.5 Å². The molecule has 0 radical (unpaired) electrons. The minimum Gasteiger partial charge on any atom is -0.508 e. The molecule has 4 rings (SSSR count). The zero-order valence-corrected chi connectivity index (χ0v) is 16.3. The lowest BCUT2D eigenvalue weighted by Gasteiger charge is -2.27. The third-order valence-electron chi connectivity index (χ3n) is 5.73. The Balaban J connectivity index is 0.00000210. The van der Waals surface area contributed by atoms with E-state index in [1.54, 1.807) is 12.1 Å². The van der Waals surface area contributed by atoms with Crippen LogP contribution in [0.15, 0.2) is 54.6 Å². The van der Waals surface area contributed by atoms with Gasteiger partial charge in [-0.2, -0.15) is 0 Å². The monoisotopic (exact) mass is 386 g/mol. The second-order valence-electron chi connectivity index (χ2n) is 7.58. The number of hydrogen-bond donors (Lipinski definition) is 2. The first kappa shape index (κ1) is 19.7. The summed E-state index contributed by atoms with van der Waals surface area (Å²) in [5.41, 5.74) is 1.60. The van der Waals surface area contributed by atoms with Gasteiger partial charge in [0.15, 0.2) is 0 Å². The van der Waals surface area contributed by atoms with E-state index in [1.165, 1.54) is 12.8 Å². The summed E-state index contributed by atoms with van der Waals surface area (Å²) in [6, 6.07) is 17.4. The van der Waals surface area contributed by atoms with Crippen LogP contribution in [0.2, 0.25) is 0 Å². The van der Waals surface area contributed by atoms with Crippen LogP contribution in [-0.2, 0) is 10.2 Å². The number of benzene rings is 2. The molecule has 1 amide bonds. The second kappa shape index (κ2) is 8.32. The van der Waals surface area contributed by atoms with E-state index in [4.69, 9.17) is 0 Å². The summed E-state index contributed by atoms with van der Waals surface area (Å²) < 4.78 is 0. The summed E-state index contributed by atoms with van der Waals surface area (Å²) in [6.07, 6.45) is 4.16. The first-order valence-corrected chi connectivity index (χ1v) is 9.55. The highest BCUT2D eigenvalue weighted by Gasteiger charge is 2.51. The first-order chi connectivity index (χ1) is 12.7. The number of hydrogen-bond acceptors (Lipinski definition) is 3. The highest BCUT2D eigenvalue weighted by atomic mass is 35.5. The minimum atomic E-state index is -0.475. The zero-order valence-electron chi connectivity index (χ0n) is 15.4. The Bertz CT molecular complexity index is 771. The maximum absolute atomic E-state index is 13.2. The fourth-order valence-corrected chi connectivity index (χ4v) is 4.01. The molecule has 2 N–H and O–H groups in total. The van der Waals surface area contributed by atoms with Gasteiger partial charge >= 0.3 is 0 Å². The second-order valence-corrected chi connectivity index (χ2v) is 7.58. The predicted octanol–water partition coefficient (Wildman–Crippen LogP) is 3.80. The molecule has 1 aliphatic heterocycles. The van der Waals surface area contributed by atoms with Crippen LogP contribution < -0.4 is 5.32 Å². The molecule has 27 heavy (non-hydrogen) atoms. The molecule has 5 heteroatoms. The van der Waals surface area contributed by atoms with Crippen molar-refractivity contribution in [2.24, 2.45) is 0 Å². The Morgan fingerprint density at radius 3 is 2.41 bits per heavy atom. The Morgan fingerprint density at radius 2 is 1.78 bits per heavy atom. The lowest BCUT2D eigenvalue weighted by atomic mass is 9.93. The van der Waals surface area contributed by atoms with Gasteiger partial charge in [0.2, 0.25) is 5.91 Å². The van der Waals surface area contributed by atoms with Gasteiger partial charge in [0.1, 0.15) is 5.75 Å². The predicted molar refractivity (Wildman–Crippen MR) is 109 cm³/mol. The van der Waals surface area contributed by atoms with Gasteiger partial charge < -0.3 is 15.3 Å². The van der Waals surface area contributed by atoms with Crippen LogP contribution in [0.1, 0.15) is 42.9 Å². The van der Waals surface area contributed by atoms with Crippen molar-refractivity contribution in [2.45, 2.75) is 37.1 Å². The standard InChI is InChI=1S/C22H26N2O2.ClH/c25-19-10-6-9-18(15-19)22(11-12-22)21(26)23-20(16-24-13-4-5-14-24)17-7-2-1-3-8-17;/h1-3,6-10,15,20,25H,4-5,11-14,16H2,(H,23,26);1H. The van der Waals surface area contributed by atoms with Crippen molar-refractivity contribution >= 4 is 18.3 Å². The average molecular weight is 387 g/mol. The topological polar surface area (TPSA) is 52.6 Å². The molecular weight excluding hydrogens is 360 g/mol. The Hall–Kier alpha value is -2.04. The Kier molecular flexibility index (Phi) is 6.08. The average Bonchev–Trinajstić information content (AvgIpc) is 3.33. The van der Waals surface area contributed by atoms with Crippen LogP contribution in [0.5, 0.6) is 5.75 Å². The smallest absolute Gasteiger partial charge is 0.231 e. The third kappa shape index (κ3) is 4.28. The molecule has 1 saturated carbocycles. The summed E-state index contributed by atoms with van der Waals surface area (Å²) in [6.45, 7) is 3.07. The summed E-state index contributed by atoms with van der Waals surface area (Å²) in [5.74, 6) is 0.300. The first-order valence-electron chi connectivity index (χ1n) is 9.55. The van der Waals surface area contributed by atoms with Crippen LogP contribution in [-0.4, -0.2) is 35.5 Å². The van der Waals surface area contributed by atoms with E-state index >= 15 is 0 Å². The molecule has 0 aromatic heterocycles. The fraction of sp³-hybridized carbons (Fsp3) is 0.409. The molecule has 2 aliphatic rings. The van der Waals surface area contributed by atoms with Crippen molar-refractivity contribution in [3.63, 3.8) is 0 Å². The van der Waals surface area contributed by atoms with Crippen molar-refractivity contribution < 1.29 is 9.90 Å². The van der Waals surface area contributed by atoms with E-state index in [0.29, 0.717) is 0 Å². The molecule has 144 valence electrons. The minimum absolute atomic E-state index is 0. The maximum atomic E-state index is 13.2. The van der Waals surface area contributed by atoms with Gasteiger partial charge in [-0.25, -0.2) is 0 Å². The Labute approximate surface area is 167 Å². The van der Waals surface area contributed by atoms with Gasteiger partial charge in [0.25, 0.3) is 0 Å². The zero-order chi connectivity index (χ0) is 18.0.